The van der Waals surface area contributed by atoms with Crippen molar-refractivity contribution in [2.45, 2.75) is 70.8 Å². The van der Waals surface area contributed by atoms with Crippen LogP contribution in [0.25, 0.3) is 0 Å². The molecule has 5 heteroatoms. The molecular weight excluding hydrogens is 350 g/mol. The van der Waals surface area contributed by atoms with Gasteiger partial charge < -0.3 is 9.80 Å². The van der Waals surface area contributed by atoms with Crippen LogP contribution in [-0.2, 0) is 9.59 Å². The van der Waals surface area contributed by atoms with Gasteiger partial charge in [0.25, 0.3) is 0 Å². The van der Waals surface area contributed by atoms with Gasteiger partial charge in [-0.2, -0.15) is 0 Å². The number of carbonyl (C=O) groups is 2. The lowest BCUT2D eigenvalue weighted by atomic mass is 9.49. The van der Waals surface area contributed by atoms with Crippen molar-refractivity contribution in [3.05, 3.63) is 0 Å². The van der Waals surface area contributed by atoms with Gasteiger partial charge in [0.05, 0.1) is 5.41 Å². The van der Waals surface area contributed by atoms with Crippen molar-refractivity contribution >= 4 is 11.8 Å². The van der Waals surface area contributed by atoms with E-state index in [1.54, 1.807) is 0 Å². The molecule has 0 aromatic rings. The van der Waals surface area contributed by atoms with Crippen LogP contribution in [0.1, 0.15) is 64.7 Å². The van der Waals surface area contributed by atoms with Gasteiger partial charge in [0.15, 0.2) is 0 Å². The Labute approximate surface area is 169 Å². The smallest absolute Gasteiger partial charge is 0.245 e. The van der Waals surface area contributed by atoms with E-state index >= 15 is 0 Å². The lowest BCUT2D eigenvalue weighted by molar-refractivity contribution is -0.162. The van der Waals surface area contributed by atoms with Gasteiger partial charge in [-0.25, -0.2) is 0 Å². The van der Waals surface area contributed by atoms with E-state index in [0.717, 1.165) is 89.1 Å². The summed E-state index contributed by atoms with van der Waals surface area (Å²) in [5.41, 5.74) is -0.114. The van der Waals surface area contributed by atoms with Gasteiger partial charge in [0.1, 0.15) is 6.04 Å². The third-order valence-corrected chi connectivity index (χ3v) is 8.51. The Kier molecular flexibility index (Phi) is 4.93. The van der Waals surface area contributed by atoms with E-state index in [1.165, 1.54) is 25.7 Å². The molecule has 0 N–H and O–H groups in total. The first kappa shape index (κ1) is 18.9. The zero-order valence-corrected chi connectivity index (χ0v) is 17.6. The van der Waals surface area contributed by atoms with Crippen LogP contribution in [0.3, 0.4) is 0 Å². The second-order valence-electron chi connectivity index (χ2n) is 10.5. The Bertz CT molecular complexity index is 590. The molecule has 4 saturated carbocycles. The molecule has 5 nitrogen and oxygen atoms in total. The normalized spacial score (nSPS) is 40.3. The highest BCUT2D eigenvalue weighted by molar-refractivity contribution is 5.91. The van der Waals surface area contributed by atoms with Crippen LogP contribution in [0, 0.1) is 23.2 Å². The monoisotopic (exact) mass is 387 g/mol. The van der Waals surface area contributed by atoms with Crippen molar-refractivity contribution in [1.29, 1.82) is 0 Å². The summed E-state index contributed by atoms with van der Waals surface area (Å²) in [5.74, 6) is 2.91. The van der Waals surface area contributed by atoms with E-state index in [9.17, 15) is 9.59 Å². The quantitative estimate of drug-likeness (QED) is 0.745. The summed E-state index contributed by atoms with van der Waals surface area (Å²) in [6, 6.07) is -0.182. The van der Waals surface area contributed by atoms with Crippen LogP contribution >= 0.6 is 0 Å². The predicted molar refractivity (Wildman–Crippen MR) is 109 cm³/mol. The van der Waals surface area contributed by atoms with E-state index in [2.05, 4.69) is 11.8 Å². The summed E-state index contributed by atoms with van der Waals surface area (Å²) in [5, 5.41) is 0. The van der Waals surface area contributed by atoms with E-state index in [0.29, 0.717) is 5.91 Å². The van der Waals surface area contributed by atoms with Crippen molar-refractivity contribution in [2.24, 2.45) is 23.2 Å². The van der Waals surface area contributed by atoms with Crippen molar-refractivity contribution in [2.75, 3.05) is 39.3 Å². The molecule has 156 valence electrons. The molecule has 2 heterocycles. The number of rotatable bonds is 4. The van der Waals surface area contributed by atoms with Gasteiger partial charge >= 0.3 is 0 Å². The Morgan fingerprint density at radius 2 is 1.50 bits per heavy atom. The van der Waals surface area contributed by atoms with Crippen LogP contribution in [0.15, 0.2) is 0 Å². The minimum atomic E-state index is -0.182. The first-order chi connectivity index (χ1) is 13.6. The molecule has 2 saturated heterocycles. The minimum absolute atomic E-state index is 0.114. The molecule has 28 heavy (non-hydrogen) atoms. The number of amides is 2. The van der Waals surface area contributed by atoms with E-state index in [-0.39, 0.29) is 17.4 Å². The number of nitrogens with zero attached hydrogens (tertiary/aromatic N) is 3. The summed E-state index contributed by atoms with van der Waals surface area (Å²) < 4.78 is 0. The van der Waals surface area contributed by atoms with E-state index in [1.807, 2.05) is 9.80 Å². The molecule has 0 aromatic heterocycles. The molecule has 2 amide bonds. The standard InChI is InChI=1S/C23H37N3O2/c1-2-5-24-7-9-25(10-8-24)21(27)20-4-3-6-26(20)22(28)23-14-17-11-18(15-23)13-19(12-17)16-23/h17-20H,2-16H2,1H3. The molecule has 6 aliphatic rings. The third-order valence-electron chi connectivity index (χ3n) is 8.51. The highest BCUT2D eigenvalue weighted by atomic mass is 16.2. The average molecular weight is 388 g/mol. The maximum absolute atomic E-state index is 13.8. The molecule has 1 atom stereocenters. The molecule has 2 aliphatic heterocycles. The largest absolute Gasteiger partial charge is 0.338 e. The third kappa shape index (κ3) is 3.18. The van der Waals surface area contributed by atoms with Crippen molar-refractivity contribution in [3.63, 3.8) is 0 Å². The molecule has 4 bridgehead atoms. The van der Waals surface area contributed by atoms with Crippen LogP contribution in [0.2, 0.25) is 0 Å². The maximum atomic E-state index is 13.8. The lowest BCUT2D eigenvalue weighted by Crippen LogP contribution is -2.59. The van der Waals surface area contributed by atoms with Crippen LogP contribution in [-0.4, -0.2) is 71.8 Å². The first-order valence-corrected chi connectivity index (χ1v) is 11.9. The van der Waals surface area contributed by atoms with Crippen LogP contribution in [0.4, 0.5) is 0 Å². The van der Waals surface area contributed by atoms with Crippen LogP contribution in [0.5, 0.6) is 0 Å². The molecule has 1 unspecified atom stereocenters. The second kappa shape index (κ2) is 7.30. The van der Waals surface area contributed by atoms with Gasteiger partial charge in [0, 0.05) is 32.7 Å². The summed E-state index contributed by atoms with van der Waals surface area (Å²) >= 11 is 0. The first-order valence-electron chi connectivity index (χ1n) is 11.9. The maximum Gasteiger partial charge on any atom is 0.245 e. The predicted octanol–water partition coefficient (Wildman–Crippen LogP) is 2.75. The number of likely N-dealkylation sites (tertiary alicyclic amines) is 1. The summed E-state index contributed by atoms with van der Waals surface area (Å²) in [6.07, 6.45) is 10.4. The highest BCUT2D eigenvalue weighted by Gasteiger charge is 2.57. The van der Waals surface area contributed by atoms with Gasteiger partial charge in [-0.3, -0.25) is 14.5 Å². The summed E-state index contributed by atoms with van der Waals surface area (Å²) in [6.45, 7) is 7.76. The van der Waals surface area contributed by atoms with Crippen LogP contribution < -0.4 is 0 Å². The Hall–Kier alpha value is -1.10. The van der Waals surface area contributed by atoms with Crippen molar-refractivity contribution < 1.29 is 9.59 Å². The zero-order valence-electron chi connectivity index (χ0n) is 17.6. The molecule has 6 rings (SSSR count). The molecule has 0 aromatic carbocycles. The summed E-state index contributed by atoms with van der Waals surface area (Å²) in [7, 11) is 0. The Morgan fingerprint density at radius 1 is 0.893 bits per heavy atom. The summed E-state index contributed by atoms with van der Waals surface area (Å²) in [4.78, 5) is 33.6. The van der Waals surface area contributed by atoms with Crippen molar-refractivity contribution in [3.8, 4) is 0 Å². The number of carbonyl (C=O) groups excluding carboxylic acids is 2. The second-order valence-corrected chi connectivity index (χ2v) is 10.5. The lowest BCUT2D eigenvalue weighted by Gasteiger charge is -2.56. The topological polar surface area (TPSA) is 43.9 Å². The van der Waals surface area contributed by atoms with Gasteiger partial charge in [0.2, 0.25) is 11.8 Å². The van der Waals surface area contributed by atoms with Gasteiger partial charge in [-0.05, 0) is 82.1 Å². The molecule has 4 aliphatic carbocycles. The fourth-order valence-corrected chi connectivity index (χ4v) is 7.66. The molecular formula is C23H37N3O2. The van der Waals surface area contributed by atoms with Crippen molar-refractivity contribution in [1.82, 2.24) is 14.7 Å². The Balaban J connectivity index is 1.27. The SMILES string of the molecule is CCCN1CCN(C(=O)C2CCCN2C(=O)C23CC4CC(CC(C4)C2)C3)CC1. The highest BCUT2D eigenvalue weighted by Crippen LogP contribution is 2.60. The molecule has 6 fully saturated rings. The number of hydrogen-bond donors (Lipinski definition) is 0. The van der Waals surface area contributed by atoms with Gasteiger partial charge in [-0.1, -0.05) is 6.92 Å². The zero-order chi connectivity index (χ0) is 19.3. The average Bonchev–Trinajstić information content (AvgIpc) is 3.16. The van der Waals surface area contributed by atoms with E-state index < -0.39 is 0 Å². The minimum Gasteiger partial charge on any atom is -0.338 e. The number of piperazine rings is 1. The van der Waals surface area contributed by atoms with Gasteiger partial charge in [-0.15, -0.1) is 0 Å². The number of hydrogen-bond acceptors (Lipinski definition) is 3. The van der Waals surface area contributed by atoms with E-state index in [4.69, 9.17) is 0 Å². The Morgan fingerprint density at radius 3 is 2.07 bits per heavy atom. The fourth-order valence-electron chi connectivity index (χ4n) is 7.66. The molecule has 0 radical (unpaired) electrons. The molecule has 0 spiro atoms. The fraction of sp³-hybridized carbons (Fsp3) is 0.913.